The Kier molecular flexibility index (Phi) is 9.56. The molecule has 2 N–H and O–H groups in total. The summed E-state index contributed by atoms with van der Waals surface area (Å²) in [6, 6.07) is 15.4. The van der Waals surface area contributed by atoms with Crippen LogP contribution in [0.15, 0.2) is 60.7 Å². The number of carbonyl (C=O) groups is 2. The number of hydrogen-bond acceptors (Lipinski definition) is 4. The van der Waals surface area contributed by atoms with E-state index in [2.05, 4.69) is 22.5 Å². The van der Waals surface area contributed by atoms with Crippen molar-refractivity contribution in [2.75, 3.05) is 30.3 Å². The van der Waals surface area contributed by atoms with Crippen LogP contribution in [0.3, 0.4) is 0 Å². The second-order valence-electron chi connectivity index (χ2n) is 9.43. The van der Waals surface area contributed by atoms with Crippen molar-refractivity contribution in [3.63, 3.8) is 0 Å². The zero-order chi connectivity index (χ0) is 28.1. The SMILES string of the molecule is C[C@@H]1CN(C(=O)COc2ccc(Cl)cc2NC(=O)Nc2ccc(Cl)cc2Cl)[C@@H](C)CN1Cc1ccc(F)cc1. The molecule has 1 aliphatic rings. The summed E-state index contributed by atoms with van der Waals surface area (Å²) in [7, 11) is 0. The second-order valence-corrected chi connectivity index (χ2v) is 10.7. The predicted octanol–water partition coefficient (Wildman–Crippen LogP) is 6.93. The fraction of sp³-hybridized carbons (Fsp3) is 0.286. The van der Waals surface area contributed by atoms with Crippen molar-refractivity contribution in [1.82, 2.24) is 9.80 Å². The van der Waals surface area contributed by atoms with Crippen molar-refractivity contribution >= 4 is 58.1 Å². The molecule has 11 heteroatoms. The van der Waals surface area contributed by atoms with E-state index in [0.717, 1.165) is 5.56 Å². The Labute approximate surface area is 241 Å². The number of urea groups is 1. The van der Waals surface area contributed by atoms with Crippen LogP contribution in [0.2, 0.25) is 15.1 Å². The maximum absolute atomic E-state index is 13.3. The van der Waals surface area contributed by atoms with Gasteiger partial charge in [0.15, 0.2) is 6.61 Å². The van der Waals surface area contributed by atoms with Gasteiger partial charge >= 0.3 is 6.03 Å². The van der Waals surface area contributed by atoms with Crippen LogP contribution < -0.4 is 15.4 Å². The van der Waals surface area contributed by atoms with E-state index in [4.69, 9.17) is 39.5 Å². The maximum Gasteiger partial charge on any atom is 0.323 e. The van der Waals surface area contributed by atoms with Crippen molar-refractivity contribution in [1.29, 1.82) is 0 Å². The Morgan fingerprint density at radius 1 is 0.897 bits per heavy atom. The average Bonchev–Trinajstić information content (AvgIpc) is 2.88. The summed E-state index contributed by atoms with van der Waals surface area (Å²) < 4.78 is 19.1. The molecule has 1 saturated heterocycles. The summed E-state index contributed by atoms with van der Waals surface area (Å²) in [5.41, 5.74) is 1.69. The first-order valence-electron chi connectivity index (χ1n) is 12.3. The summed E-state index contributed by atoms with van der Waals surface area (Å²) in [5, 5.41) is 6.44. The van der Waals surface area contributed by atoms with E-state index in [-0.39, 0.29) is 35.4 Å². The molecule has 0 aromatic heterocycles. The number of halogens is 4. The summed E-state index contributed by atoms with van der Waals surface area (Å²) in [5.74, 6) is -0.143. The summed E-state index contributed by atoms with van der Waals surface area (Å²) in [4.78, 5) is 29.8. The first-order chi connectivity index (χ1) is 18.6. The van der Waals surface area contributed by atoms with Crippen molar-refractivity contribution in [3.8, 4) is 5.75 Å². The highest BCUT2D eigenvalue weighted by Gasteiger charge is 2.32. The number of hydrogen-bond donors (Lipinski definition) is 2. The zero-order valence-electron chi connectivity index (χ0n) is 21.4. The molecular weight excluding hydrogens is 566 g/mol. The van der Waals surface area contributed by atoms with E-state index in [9.17, 15) is 14.0 Å². The van der Waals surface area contributed by atoms with Crippen LogP contribution in [0, 0.1) is 5.82 Å². The molecule has 0 bridgehead atoms. The molecule has 3 amide bonds. The fourth-order valence-corrected chi connectivity index (χ4v) is 5.03. The molecule has 0 saturated carbocycles. The van der Waals surface area contributed by atoms with Crippen molar-refractivity contribution in [3.05, 3.63) is 87.1 Å². The molecule has 3 aromatic rings. The third kappa shape index (κ3) is 7.76. The highest BCUT2D eigenvalue weighted by Crippen LogP contribution is 2.30. The van der Waals surface area contributed by atoms with Gasteiger partial charge in [0.2, 0.25) is 0 Å². The molecule has 0 aliphatic carbocycles. The molecule has 39 heavy (non-hydrogen) atoms. The first kappa shape index (κ1) is 29.0. The van der Waals surface area contributed by atoms with Gasteiger partial charge in [0, 0.05) is 41.8 Å². The van der Waals surface area contributed by atoms with E-state index >= 15 is 0 Å². The van der Waals surface area contributed by atoms with E-state index in [1.165, 1.54) is 24.3 Å². The molecule has 4 rings (SSSR count). The second kappa shape index (κ2) is 12.9. The molecule has 0 radical (unpaired) electrons. The molecule has 2 atom stereocenters. The first-order valence-corrected chi connectivity index (χ1v) is 13.5. The summed E-state index contributed by atoms with van der Waals surface area (Å²) in [6.07, 6.45) is 0. The van der Waals surface area contributed by atoms with Crippen LogP contribution in [-0.2, 0) is 11.3 Å². The molecule has 7 nitrogen and oxygen atoms in total. The largest absolute Gasteiger partial charge is 0.482 e. The maximum atomic E-state index is 13.3. The number of piperazine rings is 1. The molecule has 1 fully saturated rings. The molecule has 0 unspecified atom stereocenters. The van der Waals surface area contributed by atoms with Crippen molar-refractivity contribution < 1.29 is 18.7 Å². The van der Waals surface area contributed by atoms with Gasteiger partial charge in [0.1, 0.15) is 11.6 Å². The van der Waals surface area contributed by atoms with Gasteiger partial charge in [-0.1, -0.05) is 46.9 Å². The van der Waals surface area contributed by atoms with Gasteiger partial charge in [-0.2, -0.15) is 0 Å². The number of nitrogens with one attached hydrogen (secondary N) is 2. The van der Waals surface area contributed by atoms with Crippen LogP contribution in [0.1, 0.15) is 19.4 Å². The van der Waals surface area contributed by atoms with Crippen LogP contribution in [0.4, 0.5) is 20.6 Å². The van der Waals surface area contributed by atoms with Gasteiger partial charge in [-0.25, -0.2) is 9.18 Å². The minimum Gasteiger partial charge on any atom is -0.482 e. The lowest BCUT2D eigenvalue weighted by molar-refractivity contribution is -0.139. The normalized spacial score (nSPS) is 17.5. The smallest absolute Gasteiger partial charge is 0.323 e. The number of anilines is 2. The van der Waals surface area contributed by atoms with Gasteiger partial charge in [0.05, 0.1) is 16.4 Å². The highest BCUT2D eigenvalue weighted by molar-refractivity contribution is 6.36. The van der Waals surface area contributed by atoms with Crippen LogP contribution in [0.25, 0.3) is 0 Å². The molecule has 3 aromatic carbocycles. The highest BCUT2D eigenvalue weighted by atomic mass is 35.5. The number of nitrogens with zero attached hydrogens (tertiary/aromatic N) is 2. The minimum absolute atomic E-state index is 0.0459. The minimum atomic E-state index is -0.572. The van der Waals surface area contributed by atoms with E-state index in [1.807, 2.05) is 6.92 Å². The standard InChI is InChI=1S/C28H28Cl3FN4O3/c1-17-14-36(18(2)13-35(17)15-19-3-7-22(32)8-4-19)27(37)16-39-26-10-6-21(30)12-25(26)34-28(38)33-24-9-5-20(29)11-23(24)31/h3-12,17-18H,13-16H2,1-2H3,(H2,33,34,38)/t17-,18+/m1/s1. The number of ether oxygens (including phenoxy) is 1. The van der Waals surface area contributed by atoms with Crippen molar-refractivity contribution in [2.24, 2.45) is 0 Å². The zero-order valence-corrected chi connectivity index (χ0v) is 23.7. The average molecular weight is 594 g/mol. The van der Waals surface area contributed by atoms with Gasteiger partial charge < -0.3 is 20.3 Å². The molecule has 206 valence electrons. The van der Waals surface area contributed by atoms with E-state index in [0.29, 0.717) is 46.8 Å². The Hall–Kier alpha value is -3.04. The molecule has 0 spiro atoms. The van der Waals surface area contributed by atoms with Crippen LogP contribution >= 0.6 is 34.8 Å². The Balaban J connectivity index is 1.35. The summed E-state index contributed by atoms with van der Waals surface area (Å²) >= 11 is 18.2. The number of carbonyl (C=O) groups excluding carboxylic acids is 2. The lowest BCUT2D eigenvalue weighted by Gasteiger charge is -2.44. The van der Waals surface area contributed by atoms with E-state index in [1.54, 1.807) is 41.3 Å². The predicted molar refractivity (Wildman–Crippen MR) is 153 cm³/mol. The molecule has 1 aliphatic heterocycles. The Morgan fingerprint density at radius 2 is 1.56 bits per heavy atom. The topological polar surface area (TPSA) is 73.9 Å². The fourth-order valence-electron chi connectivity index (χ4n) is 4.41. The summed E-state index contributed by atoms with van der Waals surface area (Å²) in [6.45, 7) is 5.71. The molecule has 1 heterocycles. The third-order valence-corrected chi connectivity index (χ3v) is 7.24. The lowest BCUT2D eigenvalue weighted by atomic mass is 10.1. The monoisotopic (exact) mass is 592 g/mol. The lowest BCUT2D eigenvalue weighted by Crippen LogP contribution is -2.58. The van der Waals surface area contributed by atoms with Gasteiger partial charge in [-0.15, -0.1) is 0 Å². The number of benzene rings is 3. The Bertz CT molecular complexity index is 1340. The number of amides is 3. The van der Waals surface area contributed by atoms with Gasteiger partial charge in [-0.3, -0.25) is 9.69 Å². The molecular formula is C28H28Cl3FN4O3. The number of rotatable bonds is 7. The quantitative estimate of drug-likeness (QED) is 0.312. The van der Waals surface area contributed by atoms with Crippen molar-refractivity contribution in [2.45, 2.75) is 32.5 Å². The van der Waals surface area contributed by atoms with Gasteiger partial charge in [0.25, 0.3) is 5.91 Å². The van der Waals surface area contributed by atoms with Gasteiger partial charge in [-0.05, 0) is 67.9 Å². The Morgan fingerprint density at radius 3 is 2.28 bits per heavy atom. The van der Waals surface area contributed by atoms with E-state index < -0.39 is 6.03 Å². The van der Waals surface area contributed by atoms with Crippen LogP contribution in [0.5, 0.6) is 5.75 Å². The van der Waals surface area contributed by atoms with Crippen LogP contribution in [-0.4, -0.2) is 53.5 Å². The third-order valence-electron chi connectivity index (χ3n) is 6.45.